The highest BCUT2D eigenvalue weighted by molar-refractivity contribution is 5.85. The van der Waals surface area contributed by atoms with Crippen LogP contribution in [0.4, 0.5) is 10.1 Å². The molecule has 1 aromatic carbocycles. The summed E-state index contributed by atoms with van der Waals surface area (Å²) in [6, 6.07) is 6.34. The standard InChI is InChI=1S/C10H10FN3O/c11-5-6-3-10(15)13-9-2-1-7(14-12)4-8(6)9/h1-4,14H,5,12H2,(H,13,15). The molecule has 0 aliphatic heterocycles. The zero-order valence-corrected chi connectivity index (χ0v) is 7.88. The van der Waals surface area contributed by atoms with Crippen molar-refractivity contribution in [2.75, 3.05) is 5.43 Å². The highest BCUT2D eigenvalue weighted by Crippen LogP contribution is 2.19. The summed E-state index contributed by atoms with van der Waals surface area (Å²) >= 11 is 0. The summed E-state index contributed by atoms with van der Waals surface area (Å²) in [5.74, 6) is 5.25. The van der Waals surface area contributed by atoms with Crippen molar-refractivity contribution < 1.29 is 4.39 Å². The van der Waals surface area contributed by atoms with Crippen LogP contribution in [0.3, 0.4) is 0 Å². The van der Waals surface area contributed by atoms with Crippen LogP contribution in [0.25, 0.3) is 10.9 Å². The van der Waals surface area contributed by atoms with Crippen molar-refractivity contribution in [2.24, 2.45) is 5.84 Å². The number of rotatable bonds is 2. The van der Waals surface area contributed by atoms with E-state index in [9.17, 15) is 9.18 Å². The third-order valence-electron chi connectivity index (χ3n) is 2.24. The van der Waals surface area contributed by atoms with Crippen LogP contribution in [-0.2, 0) is 6.67 Å². The number of halogens is 1. The molecular formula is C10H10FN3O. The fourth-order valence-electron chi connectivity index (χ4n) is 1.52. The van der Waals surface area contributed by atoms with Crippen molar-refractivity contribution in [3.63, 3.8) is 0 Å². The number of nitrogens with two attached hydrogens (primary N) is 1. The molecule has 0 spiro atoms. The second-order valence-electron chi connectivity index (χ2n) is 3.20. The first-order valence-electron chi connectivity index (χ1n) is 4.43. The largest absolute Gasteiger partial charge is 0.324 e. The summed E-state index contributed by atoms with van der Waals surface area (Å²) in [4.78, 5) is 13.8. The van der Waals surface area contributed by atoms with Crippen LogP contribution in [-0.4, -0.2) is 4.98 Å². The zero-order chi connectivity index (χ0) is 10.8. The van der Waals surface area contributed by atoms with Crippen LogP contribution < -0.4 is 16.8 Å². The number of nitrogens with one attached hydrogen (secondary N) is 2. The van der Waals surface area contributed by atoms with Gasteiger partial charge in [0, 0.05) is 22.7 Å². The van der Waals surface area contributed by atoms with E-state index in [-0.39, 0.29) is 5.56 Å². The van der Waals surface area contributed by atoms with Crippen molar-refractivity contribution in [3.8, 4) is 0 Å². The summed E-state index contributed by atoms with van der Waals surface area (Å²) < 4.78 is 12.7. The zero-order valence-electron chi connectivity index (χ0n) is 7.88. The first-order chi connectivity index (χ1) is 7.24. The Morgan fingerprint density at radius 3 is 2.87 bits per heavy atom. The minimum atomic E-state index is -0.672. The normalized spacial score (nSPS) is 10.5. The molecule has 0 fully saturated rings. The summed E-state index contributed by atoms with van der Waals surface area (Å²) in [5.41, 5.74) is 3.81. The maximum atomic E-state index is 12.7. The molecule has 4 N–H and O–H groups in total. The van der Waals surface area contributed by atoms with Crippen molar-refractivity contribution in [2.45, 2.75) is 6.67 Å². The van der Waals surface area contributed by atoms with Gasteiger partial charge in [0.25, 0.3) is 0 Å². The van der Waals surface area contributed by atoms with Crippen molar-refractivity contribution in [3.05, 3.63) is 40.2 Å². The molecule has 0 aliphatic carbocycles. The van der Waals surface area contributed by atoms with E-state index in [2.05, 4.69) is 10.4 Å². The Bertz CT molecular complexity index is 550. The molecular weight excluding hydrogens is 197 g/mol. The molecule has 0 radical (unpaired) electrons. The van der Waals surface area contributed by atoms with Gasteiger partial charge >= 0.3 is 0 Å². The molecule has 2 aromatic rings. The van der Waals surface area contributed by atoms with Gasteiger partial charge < -0.3 is 10.4 Å². The number of benzene rings is 1. The van der Waals surface area contributed by atoms with Crippen molar-refractivity contribution in [1.29, 1.82) is 0 Å². The van der Waals surface area contributed by atoms with Crippen LogP contribution in [0, 0.1) is 0 Å². The SMILES string of the molecule is NNc1ccc2[nH]c(=O)cc(CF)c2c1. The van der Waals surface area contributed by atoms with Gasteiger partial charge in [-0.25, -0.2) is 4.39 Å². The Morgan fingerprint density at radius 2 is 2.20 bits per heavy atom. The molecule has 0 amide bonds. The Hall–Kier alpha value is -1.88. The average molecular weight is 207 g/mol. The molecule has 15 heavy (non-hydrogen) atoms. The van der Waals surface area contributed by atoms with Gasteiger partial charge in [-0.05, 0) is 23.8 Å². The Labute approximate surface area is 84.9 Å². The predicted molar refractivity (Wildman–Crippen MR) is 57.2 cm³/mol. The number of hydrogen-bond donors (Lipinski definition) is 3. The minimum Gasteiger partial charge on any atom is -0.324 e. The van der Waals surface area contributed by atoms with E-state index in [0.717, 1.165) is 0 Å². The lowest BCUT2D eigenvalue weighted by Gasteiger charge is -2.05. The number of aromatic nitrogens is 1. The van der Waals surface area contributed by atoms with E-state index in [1.165, 1.54) is 6.07 Å². The minimum absolute atomic E-state index is 0.302. The molecule has 0 atom stereocenters. The maximum absolute atomic E-state index is 12.7. The Kier molecular flexibility index (Phi) is 2.39. The molecule has 5 heteroatoms. The second-order valence-corrected chi connectivity index (χ2v) is 3.20. The van der Waals surface area contributed by atoms with Gasteiger partial charge in [-0.2, -0.15) is 0 Å². The molecule has 0 saturated heterocycles. The lowest BCUT2D eigenvalue weighted by atomic mass is 10.1. The summed E-state index contributed by atoms with van der Waals surface area (Å²) in [7, 11) is 0. The fourth-order valence-corrected chi connectivity index (χ4v) is 1.52. The Balaban J connectivity index is 2.79. The van der Waals surface area contributed by atoms with Crippen molar-refractivity contribution >= 4 is 16.6 Å². The summed E-state index contributed by atoms with van der Waals surface area (Å²) in [6.45, 7) is -0.672. The molecule has 0 unspecified atom stereocenters. The van der Waals surface area contributed by atoms with Gasteiger partial charge in [-0.3, -0.25) is 10.6 Å². The number of H-pyrrole nitrogens is 1. The molecule has 78 valence electrons. The smallest absolute Gasteiger partial charge is 0.248 e. The predicted octanol–water partition coefficient (Wildman–Crippen LogP) is 1.28. The van der Waals surface area contributed by atoms with Gasteiger partial charge in [0.1, 0.15) is 6.67 Å². The quantitative estimate of drug-likeness (QED) is 0.513. The molecule has 1 heterocycles. The van der Waals surface area contributed by atoms with E-state index in [1.807, 2.05) is 0 Å². The highest BCUT2D eigenvalue weighted by atomic mass is 19.1. The molecule has 1 aromatic heterocycles. The second kappa shape index (κ2) is 3.70. The summed E-state index contributed by atoms with van der Waals surface area (Å²) in [5, 5.41) is 0.660. The first kappa shape index (κ1) is 9.67. The third kappa shape index (κ3) is 1.69. The van der Waals surface area contributed by atoms with Crippen LogP contribution in [0.5, 0.6) is 0 Å². The number of alkyl halides is 1. The van der Waals surface area contributed by atoms with Gasteiger partial charge in [0.2, 0.25) is 5.56 Å². The molecule has 2 rings (SSSR count). The van der Waals surface area contributed by atoms with E-state index < -0.39 is 6.67 Å². The molecule has 0 saturated carbocycles. The van der Waals surface area contributed by atoms with Gasteiger partial charge in [0.05, 0.1) is 0 Å². The van der Waals surface area contributed by atoms with Crippen LogP contribution in [0.2, 0.25) is 0 Å². The van der Waals surface area contributed by atoms with Crippen LogP contribution in [0.1, 0.15) is 5.56 Å². The van der Waals surface area contributed by atoms with E-state index in [0.29, 0.717) is 22.2 Å². The summed E-state index contributed by atoms with van der Waals surface area (Å²) in [6.07, 6.45) is 0. The molecule has 4 nitrogen and oxygen atoms in total. The van der Waals surface area contributed by atoms with Crippen LogP contribution >= 0.6 is 0 Å². The number of nitrogen functional groups attached to an aromatic ring is 1. The fraction of sp³-hybridized carbons (Fsp3) is 0.100. The van der Waals surface area contributed by atoms with Crippen molar-refractivity contribution in [1.82, 2.24) is 4.98 Å². The molecule has 0 bridgehead atoms. The topological polar surface area (TPSA) is 70.9 Å². The van der Waals surface area contributed by atoms with Gasteiger partial charge in [0.15, 0.2) is 0 Å². The van der Waals surface area contributed by atoms with E-state index in [1.54, 1.807) is 18.2 Å². The lowest BCUT2D eigenvalue weighted by Crippen LogP contribution is -2.08. The third-order valence-corrected chi connectivity index (χ3v) is 2.24. The number of fused-ring (bicyclic) bond motifs is 1. The van der Waals surface area contributed by atoms with E-state index in [4.69, 9.17) is 5.84 Å². The highest BCUT2D eigenvalue weighted by Gasteiger charge is 2.03. The molecule has 0 aliphatic rings. The number of anilines is 1. The van der Waals surface area contributed by atoms with Crippen LogP contribution in [0.15, 0.2) is 29.1 Å². The number of hydrogen-bond acceptors (Lipinski definition) is 3. The number of hydrazine groups is 1. The Morgan fingerprint density at radius 1 is 1.40 bits per heavy atom. The lowest BCUT2D eigenvalue weighted by molar-refractivity contribution is 0.487. The number of pyridine rings is 1. The number of aromatic amines is 1. The monoisotopic (exact) mass is 207 g/mol. The maximum Gasteiger partial charge on any atom is 0.248 e. The van der Waals surface area contributed by atoms with Gasteiger partial charge in [-0.15, -0.1) is 0 Å². The van der Waals surface area contributed by atoms with E-state index >= 15 is 0 Å². The first-order valence-corrected chi connectivity index (χ1v) is 4.43. The van der Waals surface area contributed by atoms with Gasteiger partial charge in [-0.1, -0.05) is 0 Å². The average Bonchev–Trinajstić information content (AvgIpc) is 2.27.